The first-order chi connectivity index (χ1) is 9.54. The van der Waals surface area contributed by atoms with Crippen LogP contribution in [-0.4, -0.2) is 19.4 Å². The second kappa shape index (κ2) is 5.19. The van der Waals surface area contributed by atoms with Gasteiger partial charge in [-0.05, 0) is 19.8 Å². The van der Waals surface area contributed by atoms with Crippen molar-refractivity contribution in [3.05, 3.63) is 29.2 Å². The molecule has 3 rings (SSSR count). The summed E-state index contributed by atoms with van der Waals surface area (Å²) in [5, 5.41) is 5.35. The van der Waals surface area contributed by atoms with Crippen LogP contribution in [0.15, 0.2) is 27.0 Å². The highest BCUT2D eigenvalue weighted by atomic mass is 32.2. The number of sulfonamides is 1. The predicted octanol–water partition coefficient (Wildman–Crippen LogP) is 2.10. The van der Waals surface area contributed by atoms with Crippen molar-refractivity contribution in [2.24, 2.45) is 0 Å². The molecule has 2 aromatic rings. The zero-order valence-electron chi connectivity index (χ0n) is 10.9. The van der Waals surface area contributed by atoms with Gasteiger partial charge in [0.1, 0.15) is 16.4 Å². The number of furan rings is 1. The molecule has 1 saturated carbocycles. The van der Waals surface area contributed by atoms with Gasteiger partial charge in [-0.1, -0.05) is 0 Å². The lowest BCUT2D eigenvalue weighted by Crippen LogP contribution is -2.15. The van der Waals surface area contributed by atoms with E-state index in [1.165, 1.54) is 24.2 Å². The first-order valence-electron chi connectivity index (χ1n) is 6.29. The standard InChI is InChI=1S/C12H15N3O3S2/c1-8-11(6-10(18-8)7-14-9-2-3-9)20(16,17)15-12-13-4-5-19-12/h4-6,9,14H,2-3,7H2,1H3,(H,13,15). The van der Waals surface area contributed by atoms with Crippen LogP contribution in [0.1, 0.15) is 24.4 Å². The Balaban J connectivity index is 1.77. The van der Waals surface area contributed by atoms with Crippen molar-refractivity contribution in [2.75, 3.05) is 4.72 Å². The lowest BCUT2D eigenvalue weighted by Gasteiger charge is -2.02. The van der Waals surface area contributed by atoms with Crippen LogP contribution in [0.2, 0.25) is 0 Å². The first kappa shape index (κ1) is 13.6. The van der Waals surface area contributed by atoms with Gasteiger partial charge in [0.2, 0.25) is 0 Å². The number of hydrogen-bond acceptors (Lipinski definition) is 6. The van der Waals surface area contributed by atoms with Crippen molar-refractivity contribution < 1.29 is 12.8 Å². The Hall–Kier alpha value is -1.38. The van der Waals surface area contributed by atoms with Gasteiger partial charge in [-0.25, -0.2) is 13.4 Å². The molecule has 20 heavy (non-hydrogen) atoms. The van der Waals surface area contributed by atoms with Crippen molar-refractivity contribution in [3.8, 4) is 0 Å². The number of aromatic nitrogens is 1. The van der Waals surface area contributed by atoms with Crippen molar-refractivity contribution >= 4 is 26.5 Å². The molecule has 0 atom stereocenters. The van der Waals surface area contributed by atoms with Crippen molar-refractivity contribution in [1.82, 2.24) is 10.3 Å². The molecule has 108 valence electrons. The van der Waals surface area contributed by atoms with Crippen molar-refractivity contribution in [3.63, 3.8) is 0 Å². The number of rotatable bonds is 6. The van der Waals surface area contributed by atoms with Gasteiger partial charge in [0.25, 0.3) is 10.0 Å². The molecule has 0 aromatic carbocycles. The van der Waals surface area contributed by atoms with E-state index in [-0.39, 0.29) is 4.90 Å². The maximum Gasteiger partial charge on any atom is 0.267 e. The average Bonchev–Trinajstić information content (AvgIpc) is 2.93. The lowest BCUT2D eigenvalue weighted by molar-refractivity contribution is 0.456. The van der Waals surface area contributed by atoms with E-state index < -0.39 is 10.0 Å². The predicted molar refractivity (Wildman–Crippen MR) is 76.2 cm³/mol. The number of thiazole rings is 1. The smallest absolute Gasteiger partial charge is 0.267 e. The molecule has 8 heteroatoms. The number of nitrogens with one attached hydrogen (secondary N) is 2. The van der Waals surface area contributed by atoms with Crippen molar-refractivity contribution in [2.45, 2.75) is 37.2 Å². The van der Waals surface area contributed by atoms with Gasteiger partial charge in [0.15, 0.2) is 5.13 Å². The fourth-order valence-corrected chi connectivity index (χ4v) is 3.85. The third-order valence-corrected chi connectivity index (χ3v) is 5.27. The highest BCUT2D eigenvalue weighted by molar-refractivity contribution is 7.93. The van der Waals surface area contributed by atoms with Crippen LogP contribution in [-0.2, 0) is 16.6 Å². The number of nitrogens with zero attached hydrogens (tertiary/aromatic N) is 1. The van der Waals surface area contributed by atoms with Gasteiger partial charge in [-0.15, -0.1) is 11.3 Å². The third kappa shape index (κ3) is 3.02. The number of hydrogen-bond donors (Lipinski definition) is 2. The first-order valence-corrected chi connectivity index (χ1v) is 8.66. The van der Waals surface area contributed by atoms with Crippen molar-refractivity contribution in [1.29, 1.82) is 0 Å². The Morgan fingerprint density at radius 1 is 1.50 bits per heavy atom. The Bertz CT molecular complexity index is 688. The minimum Gasteiger partial charge on any atom is -0.464 e. The Kier molecular flexibility index (Phi) is 3.53. The van der Waals surface area contributed by atoms with E-state index in [0.717, 1.165) is 0 Å². The minimum atomic E-state index is -3.64. The highest BCUT2D eigenvalue weighted by Crippen LogP contribution is 2.25. The molecular weight excluding hydrogens is 298 g/mol. The lowest BCUT2D eigenvalue weighted by atomic mass is 10.4. The van der Waals surface area contributed by atoms with E-state index in [9.17, 15) is 8.42 Å². The van der Waals surface area contributed by atoms with E-state index in [2.05, 4.69) is 15.0 Å². The maximum absolute atomic E-state index is 12.3. The average molecular weight is 313 g/mol. The molecule has 1 aliphatic carbocycles. The Labute approximate surface area is 121 Å². The largest absolute Gasteiger partial charge is 0.464 e. The van der Waals surface area contributed by atoms with Crippen LogP contribution in [0.3, 0.4) is 0 Å². The fourth-order valence-electron chi connectivity index (χ4n) is 1.85. The summed E-state index contributed by atoms with van der Waals surface area (Å²) in [6, 6.07) is 2.12. The number of aryl methyl sites for hydroxylation is 1. The van der Waals surface area contributed by atoms with Crippen LogP contribution in [0, 0.1) is 6.92 Å². The maximum atomic E-state index is 12.3. The second-order valence-electron chi connectivity index (χ2n) is 4.73. The second-order valence-corrected chi connectivity index (χ2v) is 7.28. The molecule has 6 nitrogen and oxygen atoms in total. The molecule has 0 spiro atoms. The molecule has 1 fully saturated rings. The fraction of sp³-hybridized carbons (Fsp3) is 0.417. The topological polar surface area (TPSA) is 84.2 Å². The van der Waals surface area contributed by atoms with E-state index in [1.807, 2.05) is 0 Å². The molecule has 0 saturated heterocycles. The molecule has 0 aliphatic heterocycles. The van der Waals surface area contributed by atoms with E-state index in [4.69, 9.17) is 4.42 Å². The monoisotopic (exact) mass is 313 g/mol. The van der Waals surface area contributed by atoms with Gasteiger partial charge in [0.05, 0.1) is 6.54 Å². The summed E-state index contributed by atoms with van der Waals surface area (Å²) < 4.78 is 32.5. The quantitative estimate of drug-likeness (QED) is 0.853. The van der Waals surface area contributed by atoms with Crippen LogP contribution >= 0.6 is 11.3 Å². The minimum absolute atomic E-state index is 0.167. The van der Waals surface area contributed by atoms with Gasteiger partial charge in [-0.3, -0.25) is 4.72 Å². The molecular formula is C12H15N3O3S2. The van der Waals surface area contributed by atoms with Gasteiger partial charge in [0, 0.05) is 23.7 Å². The summed E-state index contributed by atoms with van der Waals surface area (Å²) in [6.07, 6.45) is 3.91. The van der Waals surface area contributed by atoms with Gasteiger partial charge in [-0.2, -0.15) is 0 Å². The highest BCUT2D eigenvalue weighted by Gasteiger charge is 2.24. The van der Waals surface area contributed by atoms with Gasteiger partial charge >= 0.3 is 0 Å². The van der Waals surface area contributed by atoms with Crippen LogP contribution in [0.4, 0.5) is 5.13 Å². The summed E-state index contributed by atoms with van der Waals surface area (Å²) in [4.78, 5) is 4.08. The Morgan fingerprint density at radius 2 is 2.30 bits per heavy atom. The summed E-state index contributed by atoms with van der Waals surface area (Å²) in [6.45, 7) is 2.20. The summed E-state index contributed by atoms with van der Waals surface area (Å²) in [5.74, 6) is 1.02. The number of anilines is 1. The molecule has 2 heterocycles. The molecule has 0 radical (unpaired) electrons. The van der Waals surface area contributed by atoms with Crippen LogP contribution in [0.5, 0.6) is 0 Å². The molecule has 0 bridgehead atoms. The summed E-state index contributed by atoms with van der Waals surface area (Å²) in [7, 11) is -3.64. The van der Waals surface area contributed by atoms with Gasteiger partial charge < -0.3 is 9.73 Å². The zero-order chi connectivity index (χ0) is 14.2. The Morgan fingerprint density at radius 3 is 2.95 bits per heavy atom. The third-order valence-electron chi connectivity index (χ3n) is 3.01. The normalized spacial score (nSPS) is 15.4. The van der Waals surface area contributed by atoms with E-state index in [1.54, 1.807) is 24.6 Å². The summed E-state index contributed by atoms with van der Waals surface area (Å²) >= 11 is 1.24. The molecule has 2 N–H and O–H groups in total. The van der Waals surface area contributed by atoms with Crippen LogP contribution in [0.25, 0.3) is 0 Å². The van der Waals surface area contributed by atoms with Crippen LogP contribution < -0.4 is 10.0 Å². The molecule has 0 unspecified atom stereocenters. The zero-order valence-corrected chi connectivity index (χ0v) is 12.6. The SMILES string of the molecule is Cc1oc(CNC2CC2)cc1S(=O)(=O)Nc1nccs1. The van der Waals surface area contributed by atoms with E-state index >= 15 is 0 Å². The molecule has 0 amide bonds. The summed E-state index contributed by atoms with van der Waals surface area (Å²) in [5.41, 5.74) is 0. The van der Waals surface area contributed by atoms with E-state index in [0.29, 0.717) is 29.2 Å². The molecule has 2 aromatic heterocycles. The molecule has 1 aliphatic rings.